The van der Waals surface area contributed by atoms with Gasteiger partial charge in [-0.25, -0.2) is 22.7 Å². The van der Waals surface area contributed by atoms with Gasteiger partial charge in [0, 0.05) is 11.2 Å². The van der Waals surface area contributed by atoms with Gasteiger partial charge in [-0.15, -0.1) is 0 Å². The van der Waals surface area contributed by atoms with E-state index in [1.54, 1.807) is 32.9 Å². The fraction of sp³-hybridized carbons (Fsp3) is 0.318. The summed E-state index contributed by atoms with van der Waals surface area (Å²) in [6.07, 6.45) is 0. The predicted molar refractivity (Wildman–Crippen MR) is 120 cm³/mol. The summed E-state index contributed by atoms with van der Waals surface area (Å²) in [5.41, 5.74) is 1.97. The summed E-state index contributed by atoms with van der Waals surface area (Å²) < 4.78 is 32.0. The fourth-order valence-corrected chi connectivity index (χ4v) is 4.01. The summed E-state index contributed by atoms with van der Waals surface area (Å²) in [7, 11) is -3.74. The lowest BCUT2D eigenvalue weighted by atomic mass is 10.1. The molecule has 2 aromatic carbocycles. The highest BCUT2D eigenvalue weighted by Gasteiger charge is 2.22. The lowest BCUT2D eigenvalue weighted by molar-refractivity contribution is -0.123. The van der Waals surface area contributed by atoms with Crippen molar-refractivity contribution in [2.24, 2.45) is 0 Å². The second kappa shape index (κ2) is 9.92. The molecule has 0 aliphatic carbocycles. The Morgan fingerprint density at radius 1 is 0.938 bits per heavy atom. The number of rotatable bonds is 6. The van der Waals surface area contributed by atoms with Crippen LogP contribution < -0.4 is 15.4 Å². The summed E-state index contributed by atoms with van der Waals surface area (Å²) in [6.45, 7) is 8.29. The topological polar surface area (TPSA) is 131 Å². The van der Waals surface area contributed by atoms with Crippen molar-refractivity contribution in [3.63, 3.8) is 0 Å². The summed E-state index contributed by atoms with van der Waals surface area (Å²) in [4.78, 5) is 35.9. The van der Waals surface area contributed by atoms with Crippen LogP contribution in [0.15, 0.2) is 47.4 Å². The normalized spacial score (nSPS) is 11.5. The number of carbonyl (C=O) groups is 3. The van der Waals surface area contributed by atoms with Crippen molar-refractivity contribution in [1.82, 2.24) is 10.0 Å². The molecule has 0 saturated carbocycles. The molecule has 3 amide bonds. The quantitative estimate of drug-likeness (QED) is 0.567. The molecule has 0 atom stereocenters. The van der Waals surface area contributed by atoms with Crippen LogP contribution in [0.2, 0.25) is 0 Å². The highest BCUT2D eigenvalue weighted by molar-refractivity contribution is 7.89. The van der Waals surface area contributed by atoms with Crippen molar-refractivity contribution < 1.29 is 27.5 Å². The van der Waals surface area contributed by atoms with E-state index in [-0.39, 0.29) is 10.5 Å². The van der Waals surface area contributed by atoms with E-state index in [1.807, 2.05) is 19.9 Å². The molecule has 0 aliphatic rings. The molecule has 10 heteroatoms. The molecule has 2 rings (SSSR count). The van der Waals surface area contributed by atoms with E-state index >= 15 is 0 Å². The van der Waals surface area contributed by atoms with Crippen LogP contribution in [0.5, 0.6) is 0 Å². The second-order valence-electron chi connectivity index (χ2n) is 8.26. The van der Waals surface area contributed by atoms with E-state index in [1.165, 1.54) is 24.3 Å². The number of hydrogen-bond donors (Lipinski definition) is 3. The lowest BCUT2D eigenvalue weighted by Gasteiger charge is -2.20. The molecule has 0 heterocycles. The third-order valence-corrected chi connectivity index (χ3v) is 5.97. The third kappa shape index (κ3) is 7.47. The van der Waals surface area contributed by atoms with Crippen LogP contribution in [0, 0.1) is 13.8 Å². The number of nitrogens with one attached hydrogen (secondary N) is 3. The van der Waals surface area contributed by atoms with Crippen LogP contribution in [0.4, 0.5) is 10.5 Å². The minimum atomic E-state index is -3.74. The van der Waals surface area contributed by atoms with Gasteiger partial charge in [0.15, 0.2) is 6.61 Å². The number of aryl methyl sites for hydroxylation is 2. The average Bonchev–Trinajstić information content (AvgIpc) is 2.67. The summed E-state index contributed by atoms with van der Waals surface area (Å²) in [5.74, 6) is -1.64. The van der Waals surface area contributed by atoms with Gasteiger partial charge in [-0.2, -0.15) is 0 Å². The zero-order valence-corrected chi connectivity index (χ0v) is 19.4. The van der Waals surface area contributed by atoms with Gasteiger partial charge < -0.3 is 10.1 Å². The molecule has 0 saturated heterocycles. The maximum atomic E-state index is 12.3. The van der Waals surface area contributed by atoms with Gasteiger partial charge in [0.1, 0.15) is 0 Å². The maximum Gasteiger partial charge on any atom is 0.338 e. The third-order valence-electron chi connectivity index (χ3n) is 4.19. The predicted octanol–water partition coefficient (Wildman–Crippen LogP) is 2.89. The molecule has 0 radical (unpaired) electrons. The molecular weight excluding hydrogens is 434 g/mol. The Morgan fingerprint density at radius 3 is 2.12 bits per heavy atom. The molecule has 0 spiro atoms. The lowest BCUT2D eigenvalue weighted by Crippen LogP contribution is -2.40. The summed E-state index contributed by atoms with van der Waals surface area (Å²) in [6, 6.07) is 9.64. The fourth-order valence-electron chi connectivity index (χ4n) is 2.59. The number of amides is 3. The van der Waals surface area contributed by atoms with Gasteiger partial charge in [-0.1, -0.05) is 6.07 Å². The van der Waals surface area contributed by atoms with Crippen molar-refractivity contribution >= 4 is 33.6 Å². The number of ether oxygens (including phenoxy) is 1. The van der Waals surface area contributed by atoms with Crippen LogP contribution in [-0.2, 0) is 19.6 Å². The Kier molecular flexibility index (Phi) is 7.76. The largest absolute Gasteiger partial charge is 0.452 e. The molecule has 0 aromatic heterocycles. The first-order valence-corrected chi connectivity index (χ1v) is 11.2. The Balaban J connectivity index is 1.88. The summed E-state index contributed by atoms with van der Waals surface area (Å²) in [5, 5.41) is 4.59. The Hall–Kier alpha value is -3.24. The number of anilines is 1. The van der Waals surface area contributed by atoms with Gasteiger partial charge >= 0.3 is 12.0 Å². The molecule has 2 aromatic rings. The number of hydrogen-bond acceptors (Lipinski definition) is 6. The van der Waals surface area contributed by atoms with Crippen molar-refractivity contribution in [2.75, 3.05) is 11.9 Å². The van der Waals surface area contributed by atoms with E-state index in [9.17, 15) is 22.8 Å². The monoisotopic (exact) mass is 461 g/mol. The zero-order valence-electron chi connectivity index (χ0n) is 18.6. The Labute approximate surface area is 187 Å². The maximum absolute atomic E-state index is 12.3. The highest BCUT2D eigenvalue weighted by Crippen LogP contribution is 2.15. The molecule has 172 valence electrons. The number of benzene rings is 2. The van der Waals surface area contributed by atoms with Gasteiger partial charge in [0.25, 0.3) is 5.91 Å². The minimum absolute atomic E-state index is 0.00951. The minimum Gasteiger partial charge on any atom is -0.452 e. The molecular formula is C22H27N3O6S. The van der Waals surface area contributed by atoms with Crippen molar-refractivity contribution in [2.45, 2.75) is 45.1 Å². The zero-order chi connectivity index (χ0) is 24.1. The van der Waals surface area contributed by atoms with Gasteiger partial charge in [-0.3, -0.25) is 10.1 Å². The van der Waals surface area contributed by atoms with E-state index in [2.05, 4.69) is 15.4 Å². The van der Waals surface area contributed by atoms with Crippen LogP contribution in [-0.4, -0.2) is 38.5 Å². The smallest absolute Gasteiger partial charge is 0.338 e. The van der Waals surface area contributed by atoms with Crippen LogP contribution >= 0.6 is 0 Å². The van der Waals surface area contributed by atoms with Crippen LogP contribution in [0.1, 0.15) is 42.3 Å². The first-order chi connectivity index (χ1) is 14.8. The standard InChI is InChI=1S/C22H27N3O6S/c1-14-6-9-17(12-15(14)2)23-21(28)24-19(26)13-31-20(27)16-7-10-18(11-8-16)32(29,30)25-22(3,4)5/h6-12,25H,13H2,1-5H3,(H2,23,24,26,28). The Morgan fingerprint density at radius 2 is 1.56 bits per heavy atom. The number of urea groups is 1. The van der Waals surface area contributed by atoms with Gasteiger partial charge in [0.05, 0.1) is 10.5 Å². The van der Waals surface area contributed by atoms with Crippen LogP contribution in [0.3, 0.4) is 0 Å². The average molecular weight is 462 g/mol. The molecule has 9 nitrogen and oxygen atoms in total. The van der Waals surface area contributed by atoms with E-state index < -0.39 is 40.1 Å². The molecule has 0 bridgehead atoms. The number of carbonyl (C=O) groups excluding carboxylic acids is 3. The molecule has 0 fully saturated rings. The van der Waals surface area contributed by atoms with E-state index in [0.717, 1.165) is 11.1 Å². The SMILES string of the molecule is Cc1ccc(NC(=O)NC(=O)COC(=O)c2ccc(S(=O)(=O)NC(C)(C)C)cc2)cc1C. The number of esters is 1. The Bertz CT molecular complexity index is 1120. The molecule has 3 N–H and O–H groups in total. The van der Waals surface area contributed by atoms with Crippen molar-refractivity contribution in [3.05, 3.63) is 59.2 Å². The number of sulfonamides is 1. The highest BCUT2D eigenvalue weighted by atomic mass is 32.2. The number of imide groups is 1. The van der Waals surface area contributed by atoms with Crippen molar-refractivity contribution in [1.29, 1.82) is 0 Å². The van der Waals surface area contributed by atoms with Gasteiger partial charge in [-0.05, 0) is 82.1 Å². The van der Waals surface area contributed by atoms with Gasteiger partial charge in [0.2, 0.25) is 10.0 Å². The first kappa shape index (κ1) is 25.0. The van der Waals surface area contributed by atoms with Crippen LogP contribution in [0.25, 0.3) is 0 Å². The second-order valence-corrected chi connectivity index (χ2v) is 9.94. The van der Waals surface area contributed by atoms with E-state index in [0.29, 0.717) is 5.69 Å². The molecule has 32 heavy (non-hydrogen) atoms. The summed E-state index contributed by atoms with van der Waals surface area (Å²) >= 11 is 0. The molecule has 0 unspecified atom stereocenters. The first-order valence-electron chi connectivity index (χ1n) is 9.76. The molecule has 0 aliphatic heterocycles. The van der Waals surface area contributed by atoms with Crippen molar-refractivity contribution in [3.8, 4) is 0 Å². The van der Waals surface area contributed by atoms with E-state index in [4.69, 9.17) is 4.74 Å².